The quantitative estimate of drug-likeness (QED) is 0.757. The van der Waals surface area contributed by atoms with Crippen LogP contribution >= 0.6 is 0 Å². The highest BCUT2D eigenvalue weighted by Crippen LogP contribution is 2.15. The third kappa shape index (κ3) is 3.69. The molecule has 1 fully saturated rings. The Morgan fingerprint density at radius 3 is 2.83 bits per heavy atom. The number of carbonyl (C=O) groups excluding carboxylic acids is 1. The summed E-state index contributed by atoms with van der Waals surface area (Å²) in [5, 5.41) is 15.3. The number of piperazine rings is 1. The lowest BCUT2D eigenvalue weighted by Crippen LogP contribution is -2.56. The van der Waals surface area contributed by atoms with Crippen LogP contribution in [0.2, 0.25) is 0 Å². The van der Waals surface area contributed by atoms with Crippen LogP contribution in [0.1, 0.15) is 27.7 Å². The Morgan fingerprint density at radius 2 is 2.33 bits per heavy atom. The average molecular weight is 252 g/mol. The molecular weight excluding hydrogens is 228 g/mol. The van der Waals surface area contributed by atoms with Crippen LogP contribution < -0.4 is 10.6 Å². The third-order valence-electron chi connectivity index (χ3n) is 3.77. The lowest BCUT2D eigenvalue weighted by molar-refractivity contribution is -0.124. The van der Waals surface area contributed by atoms with Crippen LogP contribution in [-0.2, 0) is 4.79 Å². The first-order chi connectivity index (χ1) is 8.39. The molecule has 0 aromatic heterocycles. The highest BCUT2D eigenvalue weighted by molar-refractivity contribution is 5.79. The van der Waals surface area contributed by atoms with Gasteiger partial charge in [0.05, 0.1) is 12.6 Å². The van der Waals surface area contributed by atoms with Gasteiger partial charge >= 0.3 is 0 Å². The molecule has 102 valence electrons. The van der Waals surface area contributed by atoms with E-state index in [9.17, 15) is 10.1 Å². The fraction of sp³-hybridized carbons (Fsp3) is 0.846. The molecule has 1 saturated heterocycles. The van der Waals surface area contributed by atoms with E-state index < -0.39 is 5.54 Å². The van der Waals surface area contributed by atoms with Crippen LogP contribution in [-0.4, -0.2) is 48.6 Å². The molecule has 0 aliphatic carbocycles. The SMILES string of the molecule is CC1CNCCN1CC(=O)NC(C)(C#N)C(C)C. The highest BCUT2D eigenvalue weighted by atomic mass is 16.2. The number of carbonyl (C=O) groups is 1. The van der Waals surface area contributed by atoms with Gasteiger partial charge < -0.3 is 10.6 Å². The summed E-state index contributed by atoms with van der Waals surface area (Å²) in [6, 6.07) is 2.55. The molecule has 18 heavy (non-hydrogen) atoms. The fourth-order valence-corrected chi connectivity index (χ4v) is 1.93. The zero-order valence-corrected chi connectivity index (χ0v) is 11.8. The molecule has 5 heteroatoms. The molecule has 2 atom stereocenters. The van der Waals surface area contributed by atoms with Crippen molar-refractivity contribution in [3.05, 3.63) is 0 Å². The maximum atomic E-state index is 12.0. The maximum absolute atomic E-state index is 12.0. The molecule has 0 aromatic rings. The van der Waals surface area contributed by atoms with Gasteiger partial charge in [-0.15, -0.1) is 0 Å². The number of rotatable bonds is 4. The van der Waals surface area contributed by atoms with E-state index in [1.807, 2.05) is 13.8 Å². The summed E-state index contributed by atoms with van der Waals surface area (Å²) in [5.41, 5.74) is -0.783. The molecule has 5 nitrogen and oxygen atoms in total. The van der Waals surface area contributed by atoms with Crippen LogP contribution in [0, 0.1) is 17.2 Å². The van der Waals surface area contributed by atoms with E-state index in [-0.39, 0.29) is 11.8 Å². The molecule has 0 aromatic carbocycles. The predicted octanol–water partition coefficient (Wildman–Crippen LogP) is 0.335. The van der Waals surface area contributed by atoms with Gasteiger partial charge in [-0.1, -0.05) is 13.8 Å². The minimum atomic E-state index is -0.783. The van der Waals surface area contributed by atoms with Crippen molar-refractivity contribution < 1.29 is 4.79 Å². The average Bonchev–Trinajstić information content (AvgIpc) is 2.31. The largest absolute Gasteiger partial charge is 0.337 e. The van der Waals surface area contributed by atoms with Crippen molar-refractivity contribution in [3.8, 4) is 6.07 Å². The van der Waals surface area contributed by atoms with Gasteiger partial charge in [0.1, 0.15) is 5.54 Å². The van der Waals surface area contributed by atoms with Crippen LogP contribution in [0.25, 0.3) is 0 Å². The molecule has 1 amide bonds. The number of hydrogen-bond acceptors (Lipinski definition) is 4. The molecular formula is C13H24N4O. The topological polar surface area (TPSA) is 68.2 Å². The fourth-order valence-electron chi connectivity index (χ4n) is 1.93. The van der Waals surface area contributed by atoms with E-state index in [4.69, 9.17) is 0 Å². The second-order valence-electron chi connectivity index (χ2n) is 5.54. The number of nitrogens with one attached hydrogen (secondary N) is 2. The normalized spacial score (nSPS) is 24.3. The lowest BCUT2D eigenvalue weighted by Gasteiger charge is -2.34. The number of nitriles is 1. The number of amides is 1. The molecule has 1 aliphatic rings. The number of hydrogen-bond donors (Lipinski definition) is 2. The Bertz CT molecular complexity index is 336. The van der Waals surface area contributed by atoms with Crippen molar-refractivity contribution in [2.24, 2.45) is 5.92 Å². The van der Waals surface area contributed by atoms with E-state index in [2.05, 4.69) is 28.5 Å². The molecule has 1 rings (SSSR count). The Hall–Kier alpha value is -1.12. The molecule has 1 heterocycles. The summed E-state index contributed by atoms with van der Waals surface area (Å²) in [5.74, 6) is 0.0217. The predicted molar refractivity (Wildman–Crippen MR) is 70.9 cm³/mol. The van der Waals surface area contributed by atoms with Gasteiger partial charge in [-0.25, -0.2) is 0 Å². The van der Waals surface area contributed by atoms with Crippen LogP contribution in [0.3, 0.4) is 0 Å². The summed E-state index contributed by atoms with van der Waals surface area (Å²) < 4.78 is 0. The van der Waals surface area contributed by atoms with Crippen molar-refractivity contribution in [2.75, 3.05) is 26.2 Å². The second kappa shape index (κ2) is 6.17. The van der Waals surface area contributed by atoms with E-state index in [0.29, 0.717) is 12.6 Å². The molecule has 0 bridgehead atoms. The Morgan fingerprint density at radius 1 is 1.67 bits per heavy atom. The van der Waals surface area contributed by atoms with Gasteiger partial charge in [0.15, 0.2) is 0 Å². The monoisotopic (exact) mass is 252 g/mol. The maximum Gasteiger partial charge on any atom is 0.235 e. The zero-order chi connectivity index (χ0) is 13.8. The van der Waals surface area contributed by atoms with Gasteiger partial charge in [0.25, 0.3) is 0 Å². The molecule has 2 unspecified atom stereocenters. The minimum Gasteiger partial charge on any atom is -0.337 e. The summed E-state index contributed by atoms with van der Waals surface area (Å²) >= 11 is 0. The first-order valence-corrected chi connectivity index (χ1v) is 6.56. The van der Waals surface area contributed by atoms with Gasteiger partial charge in [-0.05, 0) is 19.8 Å². The smallest absolute Gasteiger partial charge is 0.235 e. The Balaban J connectivity index is 2.53. The van der Waals surface area contributed by atoms with E-state index in [0.717, 1.165) is 19.6 Å². The first-order valence-electron chi connectivity index (χ1n) is 6.56. The number of nitrogens with zero attached hydrogens (tertiary/aromatic N) is 2. The van der Waals surface area contributed by atoms with Crippen molar-refractivity contribution >= 4 is 5.91 Å². The van der Waals surface area contributed by atoms with Crippen LogP contribution in [0.15, 0.2) is 0 Å². The van der Waals surface area contributed by atoms with Gasteiger partial charge in [-0.3, -0.25) is 9.69 Å². The first kappa shape index (κ1) is 14.9. The standard InChI is InChI=1S/C13H24N4O/c1-10(2)13(4,9-14)16-12(18)8-17-6-5-15-7-11(17)3/h10-11,15H,5-8H2,1-4H3,(H,16,18). The van der Waals surface area contributed by atoms with E-state index in [1.54, 1.807) is 6.92 Å². The van der Waals surface area contributed by atoms with E-state index in [1.165, 1.54) is 0 Å². The zero-order valence-electron chi connectivity index (χ0n) is 11.8. The summed E-state index contributed by atoms with van der Waals surface area (Å²) in [6.45, 7) is 10.8. The van der Waals surface area contributed by atoms with Gasteiger partial charge in [0, 0.05) is 25.7 Å². The molecule has 0 spiro atoms. The van der Waals surface area contributed by atoms with Crippen molar-refractivity contribution in [3.63, 3.8) is 0 Å². The summed E-state index contributed by atoms with van der Waals surface area (Å²) in [6.07, 6.45) is 0. The third-order valence-corrected chi connectivity index (χ3v) is 3.77. The lowest BCUT2D eigenvalue weighted by atomic mass is 9.90. The molecule has 2 N–H and O–H groups in total. The molecule has 0 radical (unpaired) electrons. The summed E-state index contributed by atoms with van der Waals surface area (Å²) in [4.78, 5) is 14.2. The van der Waals surface area contributed by atoms with Gasteiger partial charge in [-0.2, -0.15) is 5.26 Å². The van der Waals surface area contributed by atoms with E-state index >= 15 is 0 Å². The Labute approximate surface area is 110 Å². The van der Waals surface area contributed by atoms with Crippen LogP contribution in [0.5, 0.6) is 0 Å². The molecule has 0 saturated carbocycles. The summed E-state index contributed by atoms with van der Waals surface area (Å²) in [7, 11) is 0. The van der Waals surface area contributed by atoms with Crippen molar-refractivity contribution in [2.45, 2.75) is 39.3 Å². The van der Waals surface area contributed by atoms with Crippen LogP contribution in [0.4, 0.5) is 0 Å². The van der Waals surface area contributed by atoms with Gasteiger partial charge in [0.2, 0.25) is 5.91 Å². The van der Waals surface area contributed by atoms with Crippen molar-refractivity contribution in [1.29, 1.82) is 5.26 Å². The second-order valence-corrected chi connectivity index (χ2v) is 5.54. The highest BCUT2D eigenvalue weighted by Gasteiger charge is 2.31. The minimum absolute atomic E-state index is 0.0681. The molecule has 1 aliphatic heterocycles. The van der Waals surface area contributed by atoms with Crippen molar-refractivity contribution in [1.82, 2.24) is 15.5 Å². The Kier molecular flexibility index (Phi) is 5.12.